The van der Waals surface area contributed by atoms with E-state index >= 15 is 0 Å². The topological polar surface area (TPSA) is 24.7 Å². The van der Waals surface area contributed by atoms with Gasteiger partial charge in [-0.2, -0.15) is 10.2 Å². The summed E-state index contributed by atoms with van der Waals surface area (Å²) in [7, 11) is 0. The SMILES string of the molecule is CCCCC(C)N=Nc1ccccc1. The van der Waals surface area contributed by atoms with Crippen LogP contribution >= 0.6 is 0 Å². The van der Waals surface area contributed by atoms with Crippen molar-refractivity contribution in [2.75, 3.05) is 0 Å². The predicted molar refractivity (Wildman–Crippen MR) is 59.9 cm³/mol. The average molecular weight is 190 g/mol. The lowest BCUT2D eigenvalue weighted by Gasteiger charge is -2.02. The molecule has 1 rings (SSSR count). The Labute approximate surface area is 86.1 Å². The predicted octanol–water partition coefficient (Wildman–Crippen LogP) is 4.35. The van der Waals surface area contributed by atoms with Crippen LogP contribution in [-0.4, -0.2) is 6.04 Å². The summed E-state index contributed by atoms with van der Waals surface area (Å²) in [5, 5.41) is 8.44. The van der Waals surface area contributed by atoms with Gasteiger partial charge < -0.3 is 0 Å². The molecular weight excluding hydrogens is 172 g/mol. The highest BCUT2D eigenvalue weighted by Crippen LogP contribution is 2.12. The van der Waals surface area contributed by atoms with Gasteiger partial charge in [-0.3, -0.25) is 0 Å². The molecular formula is C12H18N2. The third-order valence-electron chi connectivity index (χ3n) is 2.10. The molecule has 0 radical (unpaired) electrons. The molecule has 1 atom stereocenters. The third kappa shape index (κ3) is 4.17. The van der Waals surface area contributed by atoms with E-state index in [1.54, 1.807) is 0 Å². The summed E-state index contributed by atoms with van der Waals surface area (Å²) in [6, 6.07) is 10.2. The van der Waals surface area contributed by atoms with E-state index < -0.39 is 0 Å². The first-order valence-corrected chi connectivity index (χ1v) is 5.29. The van der Waals surface area contributed by atoms with Crippen LogP contribution in [0.25, 0.3) is 0 Å². The second-order valence-corrected chi connectivity index (χ2v) is 3.54. The molecule has 0 saturated carbocycles. The van der Waals surface area contributed by atoms with E-state index in [0.717, 1.165) is 12.1 Å². The smallest absolute Gasteiger partial charge is 0.0852 e. The Morgan fingerprint density at radius 3 is 2.57 bits per heavy atom. The minimum absolute atomic E-state index is 0.343. The van der Waals surface area contributed by atoms with Crippen LogP contribution in [0, 0.1) is 0 Å². The van der Waals surface area contributed by atoms with Crippen LogP contribution in [0.3, 0.4) is 0 Å². The quantitative estimate of drug-likeness (QED) is 0.617. The Bertz CT molecular complexity index is 267. The molecule has 0 heterocycles. The van der Waals surface area contributed by atoms with Gasteiger partial charge >= 0.3 is 0 Å². The van der Waals surface area contributed by atoms with Gasteiger partial charge in [-0.15, -0.1) is 0 Å². The molecule has 0 aliphatic rings. The van der Waals surface area contributed by atoms with Crippen molar-refractivity contribution >= 4 is 5.69 Å². The second kappa shape index (κ2) is 6.30. The van der Waals surface area contributed by atoms with E-state index in [2.05, 4.69) is 24.1 Å². The Kier molecular flexibility index (Phi) is 4.90. The van der Waals surface area contributed by atoms with E-state index in [-0.39, 0.29) is 0 Å². The Hall–Kier alpha value is -1.18. The van der Waals surface area contributed by atoms with Gasteiger partial charge in [0, 0.05) is 0 Å². The maximum Gasteiger partial charge on any atom is 0.0852 e. The minimum Gasteiger partial charge on any atom is -0.186 e. The number of benzene rings is 1. The molecule has 76 valence electrons. The molecule has 1 unspecified atom stereocenters. The Balaban J connectivity index is 2.39. The average Bonchev–Trinajstić information content (AvgIpc) is 2.25. The Morgan fingerprint density at radius 1 is 1.21 bits per heavy atom. The van der Waals surface area contributed by atoms with E-state index in [9.17, 15) is 0 Å². The highest BCUT2D eigenvalue weighted by atomic mass is 15.1. The van der Waals surface area contributed by atoms with Crippen LogP contribution in [0.4, 0.5) is 5.69 Å². The van der Waals surface area contributed by atoms with Crippen molar-refractivity contribution in [3.8, 4) is 0 Å². The van der Waals surface area contributed by atoms with Crippen LogP contribution in [0.1, 0.15) is 33.1 Å². The molecule has 0 aliphatic carbocycles. The zero-order chi connectivity index (χ0) is 10.2. The fourth-order valence-electron chi connectivity index (χ4n) is 1.22. The summed E-state index contributed by atoms with van der Waals surface area (Å²) in [6.45, 7) is 4.31. The zero-order valence-corrected chi connectivity index (χ0v) is 8.98. The van der Waals surface area contributed by atoms with Gasteiger partial charge in [0.1, 0.15) is 0 Å². The molecule has 0 aliphatic heterocycles. The number of rotatable bonds is 5. The van der Waals surface area contributed by atoms with E-state index in [1.165, 1.54) is 12.8 Å². The second-order valence-electron chi connectivity index (χ2n) is 3.54. The molecule has 0 fully saturated rings. The summed E-state index contributed by atoms with van der Waals surface area (Å²) in [5.41, 5.74) is 0.941. The normalized spacial score (nSPS) is 13.3. The maximum atomic E-state index is 4.26. The van der Waals surface area contributed by atoms with Crippen LogP contribution in [-0.2, 0) is 0 Å². The van der Waals surface area contributed by atoms with Gasteiger partial charge in [0.15, 0.2) is 0 Å². The molecule has 0 bridgehead atoms. The molecule has 0 amide bonds. The summed E-state index contributed by atoms with van der Waals surface area (Å²) in [4.78, 5) is 0. The van der Waals surface area contributed by atoms with Gasteiger partial charge in [0.05, 0.1) is 11.7 Å². The summed E-state index contributed by atoms with van der Waals surface area (Å²) < 4.78 is 0. The van der Waals surface area contributed by atoms with Gasteiger partial charge in [0.2, 0.25) is 0 Å². The fourth-order valence-corrected chi connectivity index (χ4v) is 1.22. The van der Waals surface area contributed by atoms with Crippen LogP contribution in [0.15, 0.2) is 40.6 Å². The van der Waals surface area contributed by atoms with Gasteiger partial charge in [-0.1, -0.05) is 38.0 Å². The number of azo groups is 1. The third-order valence-corrected chi connectivity index (χ3v) is 2.10. The molecule has 0 N–H and O–H groups in total. The molecule has 1 aromatic carbocycles. The van der Waals surface area contributed by atoms with Crippen LogP contribution < -0.4 is 0 Å². The molecule has 0 aromatic heterocycles. The van der Waals surface area contributed by atoms with E-state index in [0.29, 0.717) is 6.04 Å². The van der Waals surface area contributed by atoms with Gasteiger partial charge in [-0.25, -0.2) is 0 Å². The molecule has 2 nitrogen and oxygen atoms in total. The first-order valence-electron chi connectivity index (χ1n) is 5.29. The first-order chi connectivity index (χ1) is 6.83. The van der Waals surface area contributed by atoms with Gasteiger partial charge in [0.25, 0.3) is 0 Å². The van der Waals surface area contributed by atoms with Crippen molar-refractivity contribution in [1.29, 1.82) is 0 Å². The molecule has 14 heavy (non-hydrogen) atoms. The highest BCUT2D eigenvalue weighted by molar-refractivity contribution is 5.34. The standard InChI is InChI=1S/C12H18N2/c1-3-4-8-11(2)13-14-12-9-6-5-7-10-12/h5-7,9-11H,3-4,8H2,1-2H3. The Morgan fingerprint density at radius 2 is 1.93 bits per heavy atom. The first kappa shape index (κ1) is 10.9. The molecule has 2 heteroatoms. The largest absolute Gasteiger partial charge is 0.186 e. The highest BCUT2D eigenvalue weighted by Gasteiger charge is 1.97. The lowest BCUT2D eigenvalue weighted by Crippen LogP contribution is -1.95. The number of hydrogen-bond donors (Lipinski definition) is 0. The number of hydrogen-bond acceptors (Lipinski definition) is 2. The van der Waals surface area contributed by atoms with Gasteiger partial charge in [-0.05, 0) is 25.5 Å². The van der Waals surface area contributed by atoms with Crippen molar-refractivity contribution in [1.82, 2.24) is 0 Å². The molecule has 1 aromatic rings. The molecule has 0 saturated heterocycles. The number of unbranched alkanes of at least 4 members (excludes halogenated alkanes) is 1. The zero-order valence-electron chi connectivity index (χ0n) is 8.98. The monoisotopic (exact) mass is 190 g/mol. The van der Waals surface area contributed by atoms with Crippen molar-refractivity contribution in [3.05, 3.63) is 30.3 Å². The lowest BCUT2D eigenvalue weighted by molar-refractivity contribution is 0.597. The van der Waals surface area contributed by atoms with Crippen LogP contribution in [0.2, 0.25) is 0 Å². The lowest BCUT2D eigenvalue weighted by atomic mass is 10.2. The van der Waals surface area contributed by atoms with E-state index in [4.69, 9.17) is 0 Å². The summed E-state index contributed by atoms with van der Waals surface area (Å²) >= 11 is 0. The maximum absolute atomic E-state index is 4.26. The summed E-state index contributed by atoms with van der Waals surface area (Å²) in [6.07, 6.45) is 3.59. The van der Waals surface area contributed by atoms with Crippen LogP contribution in [0.5, 0.6) is 0 Å². The molecule has 0 spiro atoms. The number of nitrogens with zero attached hydrogens (tertiary/aromatic N) is 2. The van der Waals surface area contributed by atoms with Crippen molar-refractivity contribution in [2.24, 2.45) is 10.2 Å². The summed E-state index contributed by atoms with van der Waals surface area (Å²) in [5.74, 6) is 0. The van der Waals surface area contributed by atoms with Crippen molar-refractivity contribution in [2.45, 2.75) is 39.2 Å². The fraction of sp³-hybridized carbons (Fsp3) is 0.500. The van der Waals surface area contributed by atoms with Crippen molar-refractivity contribution < 1.29 is 0 Å². The minimum atomic E-state index is 0.343. The van der Waals surface area contributed by atoms with E-state index in [1.807, 2.05) is 30.3 Å². The van der Waals surface area contributed by atoms with Crippen molar-refractivity contribution in [3.63, 3.8) is 0 Å².